The standard InChI is InChI=1S/C2H3NO2.CH3NO2/c1-2-3(4)5;1-2(3)4/h2H,1H2;1H3. The maximum absolute atomic E-state index is 9.06. The molecule has 0 spiro atoms. The number of rotatable bonds is 1. The highest BCUT2D eigenvalue weighted by atomic mass is 16.6. The Morgan fingerprint density at radius 2 is 1.56 bits per heavy atom. The molecule has 0 bridgehead atoms. The Bertz CT molecular complexity index is 117. The van der Waals surface area contributed by atoms with Crippen LogP contribution in [0.25, 0.3) is 0 Å². The third-order valence-electron chi connectivity index (χ3n) is 0.149. The fraction of sp³-hybridized carbons (Fsp3) is 0.333. The molecule has 0 unspecified atom stereocenters. The van der Waals surface area contributed by atoms with Gasteiger partial charge in [0, 0.05) is 4.92 Å². The van der Waals surface area contributed by atoms with Gasteiger partial charge in [0.2, 0.25) is 6.20 Å². The maximum atomic E-state index is 9.06. The second-order valence-electron chi connectivity index (χ2n) is 0.908. The zero-order chi connectivity index (χ0) is 7.86. The van der Waals surface area contributed by atoms with Gasteiger partial charge in [0.25, 0.3) is 0 Å². The largest absolute Gasteiger partial charge is 0.265 e. The highest BCUT2D eigenvalue weighted by Gasteiger charge is 1.69. The van der Waals surface area contributed by atoms with Crippen LogP contribution in [-0.2, 0) is 0 Å². The topological polar surface area (TPSA) is 86.3 Å². The van der Waals surface area contributed by atoms with E-state index in [-0.39, 0.29) is 0 Å². The van der Waals surface area contributed by atoms with E-state index in [1.165, 1.54) is 0 Å². The molecule has 0 aliphatic heterocycles. The quantitative estimate of drug-likeness (QED) is 0.381. The molecule has 0 aliphatic rings. The van der Waals surface area contributed by atoms with Crippen molar-refractivity contribution in [2.75, 3.05) is 7.05 Å². The highest BCUT2D eigenvalue weighted by molar-refractivity contribution is 4.43. The van der Waals surface area contributed by atoms with Crippen LogP contribution in [0.3, 0.4) is 0 Å². The molecule has 0 aromatic heterocycles. The van der Waals surface area contributed by atoms with Gasteiger partial charge in [-0.3, -0.25) is 20.2 Å². The Balaban J connectivity index is 0. The van der Waals surface area contributed by atoms with E-state index in [0.717, 1.165) is 7.05 Å². The van der Waals surface area contributed by atoms with Crippen LogP contribution in [0.15, 0.2) is 12.8 Å². The molecule has 9 heavy (non-hydrogen) atoms. The average molecular weight is 134 g/mol. The van der Waals surface area contributed by atoms with Crippen LogP contribution in [0.2, 0.25) is 0 Å². The summed E-state index contributed by atoms with van der Waals surface area (Å²) in [6.07, 6.45) is 0.639. The van der Waals surface area contributed by atoms with Crippen LogP contribution in [0.4, 0.5) is 0 Å². The van der Waals surface area contributed by atoms with Gasteiger partial charge < -0.3 is 0 Å². The summed E-state index contributed by atoms with van der Waals surface area (Å²) in [4.78, 5) is 16.8. The Hall–Kier alpha value is -1.46. The number of nitro groups is 2. The second kappa shape index (κ2) is 6.54. The van der Waals surface area contributed by atoms with Crippen LogP contribution in [0.1, 0.15) is 0 Å². The smallest absolute Gasteiger partial charge is 0.227 e. The molecule has 52 valence electrons. The third kappa shape index (κ3) is 462. The average Bonchev–Trinajstić information content (AvgIpc) is 1.65. The van der Waals surface area contributed by atoms with E-state index in [0.29, 0.717) is 6.20 Å². The minimum atomic E-state index is -0.611. The summed E-state index contributed by atoms with van der Waals surface area (Å²) in [6, 6.07) is 0. The zero-order valence-corrected chi connectivity index (χ0v) is 4.81. The van der Waals surface area contributed by atoms with Crippen molar-refractivity contribution >= 4 is 0 Å². The Morgan fingerprint density at radius 3 is 1.56 bits per heavy atom. The summed E-state index contributed by atoms with van der Waals surface area (Å²) in [6.45, 7) is 2.86. The van der Waals surface area contributed by atoms with Gasteiger partial charge in [-0.15, -0.1) is 0 Å². The molecule has 0 saturated carbocycles. The molecule has 0 aromatic rings. The lowest BCUT2D eigenvalue weighted by molar-refractivity contribution is -0.445. The van der Waals surface area contributed by atoms with Crippen LogP contribution < -0.4 is 0 Å². The lowest BCUT2D eigenvalue weighted by Crippen LogP contribution is -1.79. The molecule has 0 heterocycles. The molecule has 0 radical (unpaired) electrons. The molecule has 0 amide bonds. The summed E-state index contributed by atoms with van der Waals surface area (Å²) in [5.41, 5.74) is 0. The molecule has 0 N–H and O–H groups in total. The molecule has 6 nitrogen and oxygen atoms in total. The van der Waals surface area contributed by atoms with Crippen molar-refractivity contribution in [1.82, 2.24) is 0 Å². The van der Waals surface area contributed by atoms with Gasteiger partial charge in [-0.2, -0.15) is 0 Å². The summed E-state index contributed by atoms with van der Waals surface area (Å²) < 4.78 is 0. The molecule has 0 fully saturated rings. The number of hydrogen-bond acceptors (Lipinski definition) is 4. The van der Waals surface area contributed by atoms with Crippen molar-refractivity contribution in [1.29, 1.82) is 0 Å². The molecular formula is C3H6N2O4. The van der Waals surface area contributed by atoms with Crippen molar-refractivity contribution < 1.29 is 9.85 Å². The Morgan fingerprint density at radius 1 is 1.44 bits per heavy atom. The fourth-order valence-electron chi connectivity index (χ4n) is 0. The van der Waals surface area contributed by atoms with E-state index >= 15 is 0 Å². The Labute approximate surface area is 51.1 Å². The first kappa shape index (κ1) is 10.5. The Kier molecular flexibility index (Phi) is 7.64. The van der Waals surface area contributed by atoms with Crippen LogP contribution >= 0.6 is 0 Å². The van der Waals surface area contributed by atoms with E-state index in [2.05, 4.69) is 6.58 Å². The summed E-state index contributed by atoms with van der Waals surface area (Å²) in [5.74, 6) is 0. The first-order chi connectivity index (χ1) is 4.00. The van der Waals surface area contributed by atoms with Crippen molar-refractivity contribution in [3.8, 4) is 0 Å². The van der Waals surface area contributed by atoms with Crippen molar-refractivity contribution in [2.45, 2.75) is 0 Å². The van der Waals surface area contributed by atoms with Gasteiger partial charge in [-0.05, 0) is 6.58 Å². The normalized spacial score (nSPS) is 6.33. The van der Waals surface area contributed by atoms with Crippen molar-refractivity contribution in [2.24, 2.45) is 0 Å². The lowest BCUT2D eigenvalue weighted by atomic mass is 11.1. The molecule has 0 saturated heterocycles. The molecule has 6 heteroatoms. The van der Waals surface area contributed by atoms with Crippen LogP contribution in [0, 0.1) is 20.2 Å². The predicted molar refractivity (Wildman–Crippen MR) is 30.1 cm³/mol. The summed E-state index contributed by atoms with van der Waals surface area (Å²) in [7, 11) is 0.889. The van der Waals surface area contributed by atoms with Gasteiger partial charge in [0.1, 0.15) is 0 Å². The van der Waals surface area contributed by atoms with E-state index in [4.69, 9.17) is 20.2 Å². The molecule has 0 aromatic carbocycles. The van der Waals surface area contributed by atoms with Gasteiger partial charge in [0.15, 0.2) is 7.05 Å². The first-order valence-electron chi connectivity index (χ1n) is 1.84. The molecule has 0 rings (SSSR count). The van der Waals surface area contributed by atoms with E-state index in [1.807, 2.05) is 0 Å². The molecule has 0 aliphatic carbocycles. The monoisotopic (exact) mass is 134 g/mol. The lowest BCUT2D eigenvalue weighted by Gasteiger charge is -1.65. The van der Waals surface area contributed by atoms with E-state index < -0.39 is 9.85 Å². The van der Waals surface area contributed by atoms with Crippen molar-refractivity contribution in [3.05, 3.63) is 33.0 Å². The fourth-order valence-corrected chi connectivity index (χ4v) is 0. The van der Waals surface area contributed by atoms with Gasteiger partial charge in [-0.25, -0.2) is 0 Å². The third-order valence-corrected chi connectivity index (χ3v) is 0.149. The van der Waals surface area contributed by atoms with Crippen molar-refractivity contribution in [3.63, 3.8) is 0 Å². The minimum Gasteiger partial charge on any atom is -0.265 e. The van der Waals surface area contributed by atoms with E-state index in [1.54, 1.807) is 0 Å². The minimum absolute atomic E-state index is 0.500. The predicted octanol–water partition coefficient (Wildman–Crippen LogP) is 0.299. The first-order valence-corrected chi connectivity index (χ1v) is 1.84. The van der Waals surface area contributed by atoms with Crippen LogP contribution in [-0.4, -0.2) is 16.9 Å². The van der Waals surface area contributed by atoms with Gasteiger partial charge in [-0.1, -0.05) is 0 Å². The van der Waals surface area contributed by atoms with Gasteiger partial charge in [0.05, 0.1) is 4.92 Å². The highest BCUT2D eigenvalue weighted by Crippen LogP contribution is 1.57. The zero-order valence-electron chi connectivity index (χ0n) is 4.81. The summed E-state index contributed by atoms with van der Waals surface area (Å²) in [5, 5.41) is 17.9. The van der Waals surface area contributed by atoms with Crippen LogP contribution in [0.5, 0.6) is 0 Å². The second-order valence-corrected chi connectivity index (χ2v) is 0.908. The maximum Gasteiger partial charge on any atom is 0.227 e. The SMILES string of the molecule is C=C[N+](=O)[O-].C[N+](=O)[O-]. The number of hydrogen-bond donors (Lipinski definition) is 0. The summed E-state index contributed by atoms with van der Waals surface area (Å²) >= 11 is 0. The van der Waals surface area contributed by atoms with E-state index in [9.17, 15) is 0 Å². The van der Waals surface area contributed by atoms with Gasteiger partial charge >= 0.3 is 0 Å². The molecular weight excluding hydrogens is 128 g/mol. The molecule has 0 atom stereocenters. The number of nitrogens with zero attached hydrogens (tertiary/aromatic N) is 2.